The molecule has 0 saturated carbocycles. The molecule has 0 unspecified atom stereocenters. The standard InChI is InChI=1S/C14H19NO4S/c1-3-18-13(16)10-15-14(17)19-8-9-20-12-6-4-11(2)5-7-12/h4-7H,3,8-10H2,1-2H3,(H,15,17). The van der Waals surface area contributed by atoms with Gasteiger partial charge in [0.05, 0.1) is 6.61 Å². The summed E-state index contributed by atoms with van der Waals surface area (Å²) in [6, 6.07) is 8.13. The van der Waals surface area contributed by atoms with Crippen LogP contribution in [0, 0.1) is 6.92 Å². The number of carbonyl (C=O) groups is 2. The van der Waals surface area contributed by atoms with Gasteiger partial charge in [0.15, 0.2) is 0 Å². The van der Waals surface area contributed by atoms with Crippen molar-refractivity contribution in [3.05, 3.63) is 29.8 Å². The first-order valence-corrected chi connectivity index (χ1v) is 7.36. The molecule has 0 aliphatic heterocycles. The minimum atomic E-state index is -0.609. The molecular formula is C14H19NO4S. The van der Waals surface area contributed by atoms with Gasteiger partial charge < -0.3 is 14.8 Å². The fourth-order valence-electron chi connectivity index (χ4n) is 1.34. The number of aryl methyl sites for hydroxylation is 1. The van der Waals surface area contributed by atoms with Crippen LogP contribution in [0.4, 0.5) is 4.79 Å². The molecule has 0 fully saturated rings. The Bertz CT molecular complexity index is 433. The van der Waals surface area contributed by atoms with Crippen LogP contribution in [0.15, 0.2) is 29.2 Å². The number of nitrogens with one attached hydrogen (secondary N) is 1. The Kier molecular flexibility index (Phi) is 7.57. The van der Waals surface area contributed by atoms with Gasteiger partial charge in [-0.1, -0.05) is 17.7 Å². The molecule has 0 bridgehead atoms. The summed E-state index contributed by atoms with van der Waals surface area (Å²) in [6.07, 6.45) is -0.609. The van der Waals surface area contributed by atoms with Crippen LogP contribution in [0.3, 0.4) is 0 Å². The van der Waals surface area contributed by atoms with Crippen molar-refractivity contribution in [3.63, 3.8) is 0 Å². The summed E-state index contributed by atoms with van der Waals surface area (Å²) in [6.45, 7) is 4.15. The van der Waals surface area contributed by atoms with Crippen molar-refractivity contribution in [1.29, 1.82) is 0 Å². The average Bonchev–Trinajstić information content (AvgIpc) is 2.43. The van der Waals surface area contributed by atoms with E-state index in [0.717, 1.165) is 4.90 Å². The molecule has 20 heavy (non-hydrogen) atoms. The largest absolute Gasteiger partial charge is 0.465 e. The van der Waals surface area contributed by atoms with Crippen LogP contribution in [-0.2, 0) is 14.3 Å². The monoisotopic (exact) mass is 297 g/mol. The molecule has 0 aromatic heterocycles. The predicted octanol–water partition coefficient (Wildman–Crippen LogP) is 2.38. The number of alkyl carbamates (subject to hydrolysis) is 1. The van der Waals surface area contributed by atoms with Gasteiger partial charge in [0.1, 0.15) is 13.2 Å². The van der Waals surface area contributed by atoms with E-state index in [1.54, 1.807) is 18.7 Å². The van der Waals surface area contributed by atoms with Crippen molar-refractivity contribution < 1.29 is 19.1 Å². The highest BCUT2D eigenvalue weighted by Crippen LogP contribution is 2.17. The molecule has 0 aliphatic rings. The Hall–Kier alpha value is -1.69. The summed E-state index contributed by atoms with van der Waals surface area (Å²) >= 11 is 1.61. The minimum Gasteiger partial charge on any atom is -0.465 e. The lowest BCUT2D eigenvalue weighted by molar-refractivity contribution is -0.141. The molecule has 0 radical (unpaired) electrons. The number of benzene rings is 1. The van der Waals surface area contributed by atoms with Crippen LogP contribution in [0.2, 0.25) is 0 Å². The first-order valence-electron chi connectivity index (χ1n) is 6.37. The van der Waals surface area contributed by atoms with Gasteiger partial charge in [-0.2, -0.15) is 0 Å². The van der Waals surface area contributed by atoms with Gasteiger partial charge in [-0.05, 0) is 26.0 Å². The van der Waals surface area contributed by atoms with Gasteiger partial charge in [0.2, 0.25) is 0 Å². The number of rotatable bonds is 7. The topological polar surface area (TPSA) is 64.6 Å². The van der Waals surface area contributed by atoms with E-state index in [9.17, 15) is 9.59 Å². The fraction of sp³-hybridized carbons (Fsp3) is 0.429. The van der Waals surface area contributed by atoms with E-state index in [1.807, 2.05) is 31.2 Å². The van der Waals surface area contributed by atoms with Gasteiger partial charge in [-0.3, -0.25) is 4.79 Å². The Morgan fingerprint density at radius 3 is 2.55 bits per heavy atom. The number of carbonyl (C=O) groups excluding carboxylic acids is 2. The molecule has 6 heteroatoms. The summed E-state index contributed by atoms with van der Waals surface area (Å²) in [7, 11) is 0. The zero-order valence-corrected chi connectivity index (χ0v) is 12.5. The van der Waals surface area contributed by atoms with Gasteiger partial charge >= 0.3 is 12.1 Å². The van der Waals surface area contributed by atoms with E-state index in [1.165, 1.54) is 5.56 Å². The van der Waals surface area contributed by atoms with Crippen LogP contribution < -0.4 is 5.32 Å². The van der Waals surface area contributed by atoms with Crippen LogP contribution >= 0.6 is 11.8 Å². The number of amides is 1. The summed E-state index contributed by atoms with van der Waals surface area (Å²) in [5.41, 5.74) is 1.21. The third-order valence-corrected chi connectivity index (χ3v) is 3.26. The lowest BCUT2D eigenvalue weighted by Gasteiger charge is -2.06. The summed E-state index contributed by atoms with van der Waals surface area (Å²) in [4.78, 5) is 23.4. The number of esters is 1. The number of thioether (sulfide) groups is 1. The van der Waals surface area contributed by atoms with E-state index in [-0.39, 0.29) is 13.2 Å². The highest BCUT2D eigenvalue weighted by Gasteiger charge is 2.06. The summed E-state index contributed by atoms with van der Waals surface area (Å²) < 4.78 is 9.61. The second kappa shape index (κ2) is 9.25. The van der Waals surface area contributed by atoms with Crippen LogP contribution in [-0.4, -0.2) is 37.6 Å². The molecule has 5 nitrogen and oxygen atoms in total. The zero-order valence-electron chi connectivity index (χ0n) is 11.7. The smallest absolute Gasteiger partial charge is 0.407 e. The number of ether oxygens (including phenoxy) is 2. The van der Waals surface area contributed by atoms with E-state index in [2.05, 4.69) is 10.1 Å². The molecule has 0 heterocycles. The molecule has 0 spiro atoms. The van der Waals surface area contributed by atoms with Crippen molar-refractivity contribution in [2.45, 2.75) is 18.7 Å². The molecule has 110 valence electrons. The zero-order chi connectivity index (χ0) is 14.8. The van der Waals surface area contributed by atoms with E-state index in [4.69, 9.17) is 4.74 Å². The maximum atomic E-state index is 11.3. The highest BCUT2D eigenvalue weighted by atomic mass is 32.2. The molecule has 1 N–H and O–H groups in total. The van der Waals surface area contributed by atoms with Gasteiger partial charge in [-0.25, -0.2) is 4.79 Å². The van der Waals surface area contributed by atoms with Crippen LogP contribution in [0.5, 0.6) is 0 Å². The van der Waals surface area contributed by atoms with Gasteiger partial charge in [-0.15, -0.1) is 11.8 Å². The van der Waals surface area contributed by atoms with Crippen molar-refractivity contribution in [3.8, 4) is 0 Å². The van der Waals surface area contributed by atoms with Crippen molar-refractivity contribution >= 4 is 23.8 Å². The predicted molar refractivity (Wildman–Crippen MR) is 77.9 cm³/mol. The second-order valence-electron chi connectivity index (χ2n) is 3.96. The van der Waals surface area contributed by atoms with E-state index in [0.29, 0.717) is 12.4 Å². The Morgan fingerprint density at radius 2 is 1.90 bits per heavy atom. The van der Waals surface area contributed by atoms with E-state index >= 15 is 0 Å². The number of hydrogen-bond acceptors (Lipinski definition) is 5. The van der Waals surface area contributed by atoms with Crippen molar-refractivity contribution in [1.82, 2.24) is 5.32 Å². The Balaban J connectivity index is 2.10. The van der Waals surface area contributed by atoms with Crippen LogP contribution in [0.25, 0.3) is 0 Å². The Labute approximate surface area is 123 Å². The van der Waals surface area contributed by atoms with E-state index < -0.39 is 12.1 Å². The number of hydrogen-bond donors (Lipinski definition) is 1. The first kappa shape index (κ1) is 16.4. The lowest BCUT2D eigenvalue weighted by Crippen LogP contribution is -2.31. The molecule has 1 amide bonds. The molecule has 0 atom stereocenters. The Morgan fingerprint density at radius 1 is 1.20 bits per heavy atom. The molecule has 1 aromatic carbocycles. The molecule has 0 aliphatic carbocycles. The quantitative estimate of drug-likeness (QED) is 0.475. The van der Waals surface area contributed by atoms with Gasteiger partial charge in [0, 0.05) is 10.6 Å². The molecular weight excluding hydrogens is 278 g/mol. The molecule has 1 rings (SSSR count). The summed E-state index contributed by atoms with van der Waals surface area (Å²) in [5, 5.41) is 2.33. The minimum absolute atomic E-state index is 0.169. The SMILES string of the molecule is CCOC(=O)CNC(=O)OCCSc1ccc(C)cc1. The maximum absolute atomic E-state index is 11.3. The third-order valence-electron chi connectivity index (χ3n) is 2.29. The molecule has 1 aromatic rings. The average molecular weight is 297 g/mol. The first-order chi connectivity index (χ1) is 9.61. The highest BCUT2D eigenvalue weighted by molar-refractivity contribution is 7.99. The van der Waals surface area contributed by atoms with Crippen molar-refractivity contribution in [2.75, 3.05) is 25.5 Å². The second-order valence-corrected chi connectivity index (χ2v) is 5.12. The summed E-state index contributed by atoms with van der Waals surface area (Å²) in [5.74, 6) is 0.189. The lowest BCUT2D eigenvalue weighted by atomic mass is 10.2. The molecule has 0 saturated heterocycles. The fourth-order valence-corrected chi connectivity index (χ4v) is 2.07. The normalized spacial score (nSPS) is 9.90. The third kappa shape index (κ3) is 7.04. The maximum Gasteiger partial charge on any atom is 0.407 e. The van der Waals surface area contributed by atoms with Crippen LogP contribution in [0.1, 0.15) is 12.5 Å². The van der Waals surface area contributed by atoms with Gasteiger partial charge in [0.25, 0.3) is 0 Å². The van der Waals surface area contributed by atoms with Crippen molar-refractivity contribution in [2.24, 2.45) is 0 Å².